The van der Waals surface area contributed by atoms with Crippen LogP contribution < -0.4 is 5.32 Å². The van der Waals surface area contributed by atoms with Gasteiger partial charge in [-0.15, -0.1) is 0 Å². The van der Waals surface area contributed by atoms with E-state index in [-0.39, 0.29) is 12.0 Å². The van der Waals surface area contributed by atoms with Crippen molar-refractivity contribution in [1.29, 1.82) is 0 Å². The summed E-state index contributed by atoms with van der Waals surface area (Å²) in [7, 11) is 0. The van der Waals surface area contributed by atoms with E-state index in [1.54, 1.807) is 6.92 Å². The number of rotatable bonds is 4. The van der Waals surface area contributed by atoms with Gasteiger partial charge in [-0.3, -0.25) is 4.79 Å². The van der Waals surface area contributed by atoms with Crippen molar-refractivity contribution in [2.45, 2.75) is 44.8 Å². The van der Waals surface area contributed by atoms with Gasteiger partial charge >= 0.3 is 0 Å². The molecule has 1 amide bonds. The van der Waals surface area contributed by atoms with E-state index < -0.39 is 5.60 Å². The Bertz CT molecular complexity index is 198. The number of amides is 1. The van der Waals surface area contributed by atoms with Crippen molar-refractivity contribution in [3.8, 4) is 0 Å². The normalized spacial score (nSPS) is 28.8. The molecule has 2 unspecified atom stereocenters. The fourth-order valence-electron chi connectivity index (χ4n) is 1.54. The van der Waals surface area contributed by atoms with Crippen molar-refractivity contribution in [3.05, 3.63) is 0 Å². The molecule has 4 nitrogen and oxygen atoms in total. The quantitative estimate of drug-likeness (QED) is 0.694. The summed E-state index contributed by atoms with van der Waals surface area (Å²) < 4.78 is 5.39. The van der Waals surface area contributed by atoms with Crippen LogP contribution in [0.2, 0.25) is 0 Å². The molecule has 2 N–H and O–H groups in total. The Kier molecular flexibility index (Phi) is 3.89. The standard InChI is InChI=1S/C10H19NO3/c1-8(12)4-6-11-9(13)10(2)5-3-7-14-10/h8,12H,3-7H2,1-2H3,(H,11,13). The second-order valence-corrected chi connectivity index (χ2v) is 4.08. The first-order chi connectivity index (χ1) is 6.54. The molecule has 2 atom stereocenters. The third kappa shape index (κ3) is 2.96. The third-order valence-corrected chi connectivity index (χ3v) is 2.55. The predicted molar refractivity (Wildman–Crippen MR) is 52.9 cm³/mol. The van der Waals surface area contributed by atoms with Crippen LogP contribution in [-0.4, -0.2) is 35.9 Å². The van der Waals surface area contributed by atoms with Gasteiger partial charge in [0.2, 0.25) is 0 Å². The lowest BCUT2D eigenvalue weighted by Gasteiger charge is -2.22. The first kappa shape index (κ1) is 11.5. The van der Waals surface area contributed by atoms with Gasteiger partial charge in [0, 0.05) is 13.2 Å². The largest absolute Gasteiger partial charge is 0.393 e. The summed E-state index contributed by atoms with van der Waals surface area (Å²) in [6.07, 6.45) is 1.95. The van der Waals surface area contributed by atoms with Gasteiger partial charge in [0.15, 0.2) is 0 Å². The zero-order chi connectivity index (χ0) is 10.6. The average Bonchev–Trinajstić information content (AvgIpc) is 2.52. The van der Waals surface area contributed by atoms with Crippen molar-refractivity contribution >= 4 is 5.91 Å². The number of hydrogen-bond donors (Lipinski definition) is 2. The van der Waals surface area contributed by atoms with Gasteiger partial charge in [-0.2, -0.15) is 0 Å². The van der Waals surface area contributed by atoms with E-state index in [0.717, 1.165) is 12.8 Å². The van der Waals surface area contributed by atoms with Crippen LogP contribution in [0.25, 0.3) is 0 Å². The number of carbonyl (C=O) groups excluding carboxylic acids is 1. The summed E-state index contributed by atoms with van der Waals surface area (Å²) in [5.74, 6) is -0.0596. The van der Waals surface area contributed by atoms with E-state index in [2.05, 4.69) is 5.32 Å². The van der Waals surface area contributed by atoms with E-state index in [1.165, 1.54) is 0 Å². The van der Waals surface area contributed by atoms with Crippen molar-refractivity contribution < 1.29 is 14.6 Å². The van der Waals surface area contributed by atoms with Crippen LogP contribution in [0.5, 0.6) is 0 Å². The highest BCUT2D eigenvalue weighted by atomic mass is 16.5. The van der Waals surface area contributed by atoms with E-state index in [4.69, 9.17) is 9.84 Å². The van der Waals surface area contributed by atoms with Gasteiger partial charge < -0.3 is 15.2 Å². The molecule has 14 heavy (non-hydrogen) atoms. The first-order valence-electron chi connectivity index (χ1n) is 5.15. The topological polar surface area (TPSA) is 58.6 Å². The Morgan fingerprint density at radius 2 is 2.43 bits per heavy atom. The second-order valence-electron chi connectivity index (χ2n) is 4.08. The third-order valence-electron chi connectivity index (χ3n) is 2.55. The van der Waals surface area contributed by atoms with Crippen LogP contribution in [0.4, 0.5) is 0 Å². The average molecular weight is 201 g/mol. The summed E-state index contributed by atoms with van der Waals surface area (Å²) in [5.41, 5.74) is -0.640. The molecule has 0 aromatic heterocycles. The molecule has 0 aliphatic carbocycles. The van der Waals surface area contributed by atoms with Crippen LogP contribution in [0.15, 0.2) is 0 Å². The lowest BCUT2D eigenvalue weighted by Crippen LogP contribution is -2.44. The van der Waals surface area contributed by atoms with E-state index in [9.17, 15) is 4.79 Å². The molecule has 1 aliphatic heterocycles. The van der Waals surface area contributed by atoms with Gasteiger partial charge in [-0.05, 0) is 33.1 Å². The Morgan fingerprint density at radius 3 is 2.93 bits per heavy atom. The number of aliphatic hydroxyl groups is 1. The molecule has 0 radical (unpaired) electrons. The molecule has 0 saturated carbocycles. The maximum atomic E-state index is 11.6. The van der Waals surface area contributed by atoms with E-state index >= 15 is 0 Å². The highest BCUT2D eigenvalue weighted by Crippen LogP contribution is 2.24. The first-order valence-corrected chi connectivity index (χ1v) is 5.15. The molecular formula is C10H19NO3. The zero-order valence-electron chi connectivity index (χ0n) is 8.88. The smallest absolute Gasteiger partial charge is 0.251 e. The number of hydrogen-bond acceptors (Lipinski definition) is 3. The van der Waals surface area contributed by atoms with Crippen LogP contribution in [0.1, 0.15) is 33.1 Å². The fourth-order valence-corrected chi connectivity index (χ4v) is 1.54. The van der Waals surface area contributed by atoms with Gasteiger partial charge in [-0.1, -0.05) is 0 Å². The lowest BCUT2D eigenvalue weighted by atomic mass is 10.0. The van der Waals surface area contributed by atoms with E-state index in [0.29, 0.717) is 19.6 Å². The molecule has 4 heteroatoms. The summed E-state index contributed by atoms with van der Waals surface area (Å²) in [6.45, 7) is 4.70. The molecule has 1 fully saturated rings. The molecule has 1 rings (SSSR count). The maximum absolute atomic E-state index is 11.6. The monoisotopic (exact) mass is 201 g/mol. The minimum atomic E-state index is -0.640. The van der Waals surface area contributed by atoms with Crippen molar-refractivity contribution in [2.75, 3.05) is 13.2 Å². The van der Waals surface area contributed by atoms with Gasteiger partial charge in [0.05, 0.1) is 6.10 Å². The van der Waals surface area contributed by atoms with Gasteiger partial charge in [0.1, 0.15) is 5.60 Å². The Labute approximate surface area is 84.6 Å². The Hall–Kier alpha value is -0.610. The van der Waals surface area contributed by atoms with Crippen molar-refractivity contribution in [1.82, 2.24) is 5.32 Å². The Balaban J connectivity index is 2.27. The van der Waals surface area contributed by atoms with Crippen LogP contribution >= 0.6 is 0 Å². The zero-order valence-corrected chi connectivity index (χ0v) is 8.88. The number of carbonyl (C=O) groups is 1. The fraction of sp³-hybridized carbons (Fsp3) is 0.900. The lowest BCUT2D eigenvalue weighted by molar-refractivity contribution is -0.139. The molecule has 1 aliphatic rings. The minimum Gasteiger partial charge on any atom is -0.393 e. The molecule has 1 heterocycles. The molecule has 82 valence electrons. The van der Waals surface area contributed by atoms with Crippen molar-refractivity contribution in [3.63, 3.8) is 0 Å². The second kappa shape index (κ2) is 4.75. The van der Waals surface area contributed by atoms with Crippen molar-refractivity contribution in [2.24, 2.45) is 0 Å². The highest BCUT2D eigenvalue weighted by Gasteiger charge is 2.37. The molecule has 0 bridgehead atoms. The predicted octanol–water partition coefficient (Wildman–Crippen LogP) is 0.443. The molecule has 1 saturated heterocycles. The summed E-state index contributed by atoms with van der Waals surface area (Å²) in [6, 6.07) is 0. The SMILES string of the molecule is CC(O)CCNC(=O)C1(C)CCCO1. The molecule has 0 aromatic carbocycles. The highest BCUT2D eigenvalue weighted by molar-refractivity contribution is 5.84. The number of aliphatic hydroxyl groups excluding tert-OH is 1. The van der Waals surface area contributed by atoms with Gasteiger partial charge in [-0.25, -0.2) is 0 Å². The van der Waals surface area contributed by atoms with Gasteiger partial charge in [0.25, 0.3) is 5.91 Å². The molecule has 0 spiro atoms. The maximum Gasteiger partial charge on any atom is 0.251 e. The number of ether oxygens (including phenoxy) is 1. The molecule has 0 aromatic rings. The Morgan fingerprint density at radius 1 is 1.71 bits per heavy atom. The number of nitrogens with one attached hydrogen (secondary N) is 1. The minimum absolute atomic E-state index is 0.0596. The van der Waals surface area contributed by atoms with Crippen LogP contribution in [0, 0.1) is 0 Å². The van der Waals surface area contributed by atoms with Crippen LogP contribution in [-0.2, 0) is 9.53 Å². The molecular weight excluding hydrogens is 182 g/mol. The summed E-state index contributed by atoms with van der Waals surface area (Å²) in [5, 5.41) is 11.8. The summed E-state index contributed by atoms with van der Waals surface area (Å²) in [4.78, 5) is 11.6. The van der Waals surface area contributed by atoms with Crippen LogP contribution in [0.3, 0.4) is 0 Å². The summed E-state index contributed by atoms with van der Waals surface area (Å²) >= 11 is 0. The van der Waals surface area contributed by atoms with E-state index in [1.807, 2.05) is 6.92 Å².